The van der Waals surface area contributed by atoms with Crippen molar-refractivity contribution in [3.05, 3.63) is 74.1 Å². The molecule has 0 spiro atoms. The summed E-state index contributed by atoms with van der Waals surface area (Å²) in [6.45, 7) is 7.71. The Bertz CT molecular complexity index is 1310. The van der Waals surface area contributed by atoms with Crippen LogP contribution in [0.25, 0.3) is 10.8 Å². The summed E-state index contributed by atoms with van der Waals surface area (Å²) in [5.74, 6) is 0.583. The topological polar surface area (TPSA) is 80.4 Å². The van der Waals surface area contributed by atoms with Crippen LogP contribution in [-0.4, -0.2) is 28.8 Å². The summed E-state index contributed by atoms with van der Waals surface area (Å²) in [7, 11) is 0. The standard InChI is InChI=1S/C29H34BrClN2O4/c1-5-25(33-27(35)37-28(2,3)4)29(19-6-8-20(30)9-7-19)13-10-21(11-14-29)36-24-16-18-12-15-32-26(34)22(18)17-23(24)31/h6-9,12,15-17,21,25H,5,10-11,13-14H2,1-4H3,(H,32,34)(H,33,35)/t21?,25-,29?/m1/s1. The Morgan fingerprint density at radius 1 is 1.19 bits per heavy atom. The van der Waals surface area contributed by atoms with E-state index >= 15 is 0 Å². The Hall–Kier alpha value is -2.51. The molecule has 0 aliphatic heterocycles. The minimum Gasteiger partial charge on any atom is -0.489 e. The second-order valence-corrected chi connectivity index (χ2v) is 12.1. The average Bonchev–Trinajstić information content (AvgIpc) is 2.84. The molecule has 3 aromatic rings. The number of ether oxygens (including phenoxy) is 2. The van der Waals surface area contributed by atoms with E-state index in [1.54, 1.807) is 12.3 Å². The Labute approximate surface area is 231 Å². The van der Waals surface area contributed by atoms with E-state index in [1.807, 2.05) is 32.9 Å². The lowest BCUT2D eigenvalue weighted by molar-refractivity contribution is 0.0423. The Morgan fingerprint density at radius 2 is 1.86 bits per heavy atom. The zero-order chi connectivity index (χ0) is 26.8. The number of pyridine rings is 1. The molecule has 0 saturated heterocycles. The number of amides is 1. The summed E-state index contributed by atoms with van der Waals surface area (Å²) < 4.78 is 13.0. The number of hydrogen-bond acceptors (Lipinski definition) is 4. The second kappa shape index (κ2) is 11.1. The van der Waals surface area contributed by atoms with Crippen molar-refractivity contribution in [1.82, 2.24) is 10.3 Å². The fourth-order valence-corrected chi connectivity index (χ4v) is 5.86. The van der Waals surface area contributed by atoms with E-state index in [2.05, 4.69) is 57.4 Å². The van der Waals surface area contributed by atoms with Crippen LogP contribution in [0.3, 0.4) is 0 Å². The first-order valence-corrected chi connectivity index (χ1v) is 13.9. The molecule has 0 unspecified atom stereocenters. The first-order chi connectivity index (χ1) is 17.5. The number of hydrogen-bond donors (Lipinski definition) is 2. The molecule has 6 nitrogen and oxygen atoms in total. The van der Waals surface area contributed by atoms with Crippen molar-refractivity contribution in [3.8, 4) is 5.75 Å². The van der Waals surface area contributed by atoms with Crippen LogP contribution in [0.4, 0.5) is 4.79 Å². The number of nitrogens with one attached hydrogen (secondary N) is 2. The van der Waals surface area contributed by atoms with Gasteiger partial charge in [-0.2, -0.15) is 0 Å². The van der Waals surface area contributed by atoms with E-state index in [4.69, 9.17) is 21.1 Å². The summed E-state index contributed by atoms with van der Waals surface area (Å²) >= 11 is 10.0. The lowest BCUT2D eigenvalue weighted by Crippen LogP contribution is -2.53. The largest absolute Gasteiger partial charge is 0.489 e. The third kappa shape index (κ3) is 6.32. The third-order valence-corrected chi connectivity index (χ3v) is 7.95. The van der Waals surface area contributed by atoms with Crippen molar-refractivity contribution >= 4 is 44.4 Å². The summed E-state index contributed by atoms with van der Waals surface area (Å²) in [4.78, 5) is 27.6. The van der Waals surface area contributed by atoms with Gasteiger partial charge in [-0.25, -0.2) is 4.79 Å². The van der Waals surface area contributed by atoms with Crippen LogP contribution in [0.15, 0.2) is 57.9 Å². The zero-order valence-electron chi connectivity index (χ0n) is 21.7. The van der Waals surface area contributed by atoms with Gasteiger partial charge >= 0.3 is 6.09 Å². The minimum absolute atomic E-state index is 0.0282. The lowest BCUT2D eigenvalue weighted by Gasteiger charge is -2.46. The van der Waals surface area contributed by atoms with E-state index in [0.29, 0.717) is 16.2 Å². The van der Waals surface area contributed by atoms with Crippen LogP contribution in [0.1, 0.15) is 65.4 Å². The lowest BCUT2D eigenvalue weighted by atomic mass is 9.63. The summed E-state index contributed by atoms with van der Waals surface area (Å²) in [6, 6.07) is 13.6. The van der Waals surface area contributed by atoms with Crippen molar-refractivity contribution in [2.75, 3.05) is 0 Å². The van der Waals surface area contributed by atoms with Gasteiger partial charge in [0.05, 0.1) is 11.1 Å². The molecular formula is C29H34BrClN2O4. The zero-order valence-corrected chi connectivity index (χ0v) is 24.0. The molecule has 1 aliphatic carbocycles. The average molecular weight is 590 g/mol. The van der Waals surface area contributed by atoms with Gasteiger partial charge in [-0.05, 0) is 94.2 Å². The minimum atomic E-state index is -0.567. The second-order valence-electron chi connectivity index (χ2n) is 10.8. The van der Waals surface area contributed by atoms with Crippen molar-refractivity contribution in [2.24, 2.45) is 0 Å². The molecule has 37 heavy (non-hydrogen) atoms. The maximum Gasteiger partial charge on any atom is 0.407 e. The number of rotatable bonds is 6. The monoisotopic (exact) mass is 588 g/mol. The molecule has 1 amide bonds. The summed E-state index contributed by atoms with van der Waals surface area (Å²) in [5.41, 5.74) is 0.195. The van der Waals surface area contributed by atoms with Gasteiger partial charge in [0.25, 0.3) is 5.56 Å². The van der Waals surface area contributed by atoms with Gasteiger partial charge in [0.15, 0.2) is 0 Å². The number of carbonyl (C=O) groups is 1. The van der Waals surface area contributed by atoms with Crippen LogP contribution in [0, 0.1) is 0 Å². The van der Waals surface area contributed by atoms with Crippen LogP contribution in [0.5, 0.6) is 5.75 Å². The van der Waals surface area contributed by atoms with Crippen LogP contribution >= 0.6 is 27.5 Å². The van der Waals surface area contributed by atoms with Crippen LogP contribution < -0.4 is 15.6 Å². The van der Waals surface area contributed by atoms with Crippen molar-refractivity contribution in [3.63, 3.8) is 0 Å². The molecule has 1 heterocycles. The van der Waals surface area contributed by atoms with Crippen molar-refractivity contribution in [1.29, 1.82) is 0 Å². The molecule has 1 aliphatic rings. The molecule has 0 radical (unpaired) electrons. The van der Waals surface area contributed by atoms with Gasteiger partial charge in [-0.1, -0.05) is 46.6 Å². The highest BCUT2D eigenvalue weighted by molar-refractivity contribution is 9.10. The molecule has 2 aromatic carbocycles. The Morgan fingerprint density at radius 3 is 2.49 bits per heavy atom. The molecule has 1 aromatic heterocycles. The number of halogens is 2. The molecule has 198 valence electrons. The normalized spacial score (nSPS) is 20.9. The highest BCUT2D eigenvalue weighted by atomic mass is 79.9. The molecule has 1 fully saturated rings. The number of benzene rings is 2. The third-order valence-electron chi connectivity index (χ3n) is 7.13. The van der Waals surface area contributed by atoms with Gasteiger partial charge in [0, 0.05) is 27.5 Å². The van der Waals surface area contributed by atoms with Gasteiger partial charge in [0.2, 0.25) is 0 Å². The van der Waals surface area contributed by atoms with E-state index in [0.717, 1.165) is 42.0 Å². The van der Waals surface area contributed by atoms with E-state index in [1.165, 1.54) is 5.56 Å². The SMILES string of the molecule is CC[C@@H](NC(=O)OC(C)(C)C)C1(c2ccc(Br)cc2)CCC(Oc2cc3cc[nH]c(=O)c3cc2Cl)CC1. The van der Waals surface area contributed by atoms with E-state index < -0.39 is 11.7 Å². The highest BCUT2D eigenvalue weighted by Gasteiger charge is 2.44. The summed E-state index contributed by atoms with van der Waals surface area (Å²) in [5, 5.41) is 4.93. The molecular weight excluding hydrogens is 556 g/mol. The van der Waals surface area contributed by atoms with Gasteiger partial charge in [-0.3, -0.25) is 4.79 Å². The summed E-state index contributed by atoms with van der Waals surface area (Å²) in [6.07, 6.45) is 5.23. The van der Waals surface area contributed by atoms with Crippen LogP contribution in [-0.2, 0) is 10.2 Å². The van der Waals surface area contributed by atoms with Gasteiger partial charge in [0.1, 0.15) is 11.4 Å². The van der Waals surface area contributed by atoms with E-state index in [9.17, 15) is 9.59 Å². The first kappa shape index (κ1) is 27.5. The van der Waals surface area contributed by atoms with Gasteiger partial charge in [-0.15, -0.1) is 0 Å². The molecule has 4 rings (SSSR count). The Balaban J connectivity index is 1.57. The number of aromatic nitrogens is 1. The number of carbonyl (C=O) groups excluding carboxylic acids is 1. The molecule has 0 bridgehead atoms. The first-order valence-electron chi connectivity index (χ1n) is 12.7. The predicted molar refractivity (Wildman–Crippen MR) is 152 cm³/mol. The Kier molecular flexibility index (Phi) is 8.24. The van der Waals surface area contributed by atoms with Crippen molar-refractivity contribution < 1.29 is 14.3 Å². The quantitative estimate of drug-likeness (QED) is 0.312. The number of aromatic amines is 1. The molecule has 1 atom stereocenters. The maximum atomic E-state index is 12.8. The fraction of sp³-hybridized carbons (Fsp3) is 0.448. The fourth-order valence-electron chi connectivity index (χ4n) is 5.38. The predicted octanol–water partition coefficient (Wildman–Crippen LogP) is 7.51. The molecule has 1 saturated carbocycles. The molecule has 2 N–H and O–H groups in total. The number of fused-ring (bicyclic) bond motifs is 1. The smallest absolute Gasteiger partial charge is 0.407 e. The van der Waals surface area contributed by atoms with Crippen LogP contribution in [0.2, 0.25) is 5.02 Å². The maximum absolute atomic E-state index is 12.8. The van der Waals surface area contributed by atoms with E-state index in [-0.39, 0.29) is 23.1 Å². The highest BCUT2D eigenvalue weighted by Crippen LogP contribution is 2.45. The molecule has 8 heteroatoms. The number of H-pyrrole nitrogens is 1. The van der Waals surface area contributed by atoms with Gasteiger partial charge < -0.3 is 19.8 Å². The number of alkyl carbamates (subject to hydrolysis) is 1. The van der Waals surface area contributed by atoms with Crippen molar-refractivity contribution in [2.45, 2.75) is 83.0 Å².